The van der Waals surface area contributed by atoms with Gasteiger partial charge in [-0.15, -0.1) is 0 Å². The van der Waals surface area contributed by atoms with E-state index in [9.17, 15) is 9.59 Å². The quantitative estimate of drug-likeness (QED) is 0.591. The fourth-order valence-corrected chi connectivity index (χ4v) is 1.75. The number of morpholine rings is 1. The second-order valence-electron chi connectivity index (χ2n) is 5.20. The third kappa shape index (κ3) is 7.79. The van der Waals surface area contributed by atoms with Gasteiger partial charge >= 0.3 is 0 Å². The third-order valence-electron chi connectivity index (χ3n) is 2.80. The first-order chi connectivity index (χ1) is 9.08. The molecule has 0 aromatic rings. The molecular weight excluding hydrogens is 246 g/mol. The molecule has 19 heavy (non-hydrogen) atoms. The maximum atomic E-state index is 11.6. The minimum atomic E-state index is -0.0645. The molecule has 1 unspecified atom stereocenters. The van der Waals surface area contributed by atoms with Crippen molar-refractivity contribution in [2.75, 3.05) is 32.8 Å². The van der Waals surface area contributed by atoms with Crippen LogP contribution < -0.4 is 16.0 Å². The van der Waals surface area contributed by atoms with Gasteiger partial charge in [0.1, 0.15) is 0 Å². The Kier molecular flexibility index (Phi) is 7.43. The number of amides is 2. The Morgan fingerprint density at radius 2 is 2.11 bits per heavy atom. The number of rotatable bonds is 7. The Morgan fingerprint density at radius 1 is 1.32 bits per heavy atom. The standard InChI is InChI=1S/C13H25N3O3/c1-10(2)8-16-12(17)3-4-15-13(18)7-11-9-14-5-6-19-11/h10-11,14H,3-9H2,1-2H3,(H,15,18)(H,16,17). The van der Waals surface area contributed by atoms with Crippen LogP contribution in [0.3, 0.4) is 0 Å². The van der Waals surface area contributed by atoms with Crippen LogP contribution in [0.4, 0.5) is 0 Å². The van der Waals surface area contributed by atoms with E-state index >= 15 is 0 Å². The van der Waals surface area contributed by atoms with Crippen LogP contribution in [0.2, 0.25) is 0 Å². The Labute approximate surface area is 114 Å². The van der Waals surface area contributed by atoms with Crippen molar-refractivity contribution in [3.8, 4) is 0 Å². The zero-order valence-electron chi connectivity index (χ0n) is 11.8. The topological polar surface area (TPSA) is 79.5 Å². The van der Waals surface area contributed by atoms with E-state index in [1.807, 2.05) is 13.8 Å². The van der Waals surface area contributed by atoms with Crippen LogP contribution in [0.5, 0.6) is 0 Å². The maximum Gasteiger partial charge on any atom is 0.222 e. The van der Waals surface area contributed by atoms with Crippen molar-refractivity contribution in [1.29, 1.82) is 0 Å². The third-order valence-corrected chi connectivity index (χ3v) is 2.80. The van der Waals surface area contributed by atoms with E-state index in [0.29, 0.717) is 45.0 Å². The van der Waals surface area contributed by atoms with Crippen molar-refractivity contribution in [2.45, 2.75) is 32.8 Å². The van der Waals surface area contributed by atoms with Crippen molar-refractivity contribution in [2.24, 2.45) is 5.92 Å². The molecular formula is C13H25N3O3. The van der Waals surface area contributed by atoms with Gasteiger partial charge in [0.05, 0.1) is 19.1 Å². The Balaban J connectivity index is 2.04. The fourth-order valence-electron chi connectivity index (χ4n) is 1.75. The Bertz CT molecular complexity index is 289. The number of hydrogen-bond acceptors (Lipinski definition) is 4. The minimum Gasteiger partial charge on any atom is -0.375 e. The molecule has 6 heteroatoms. The molecule has 6 nitrogen and oxygen atoms in total. The van der Waals surface area contributed by atoms with E-state index in [0.717, 1.165) is 6.54 Å². The highest BCUT2D eigenvalue weighted by Gasteiger charge is 2.17. The van der Waals surface area contributed by atoms with Gasteiger partial charge in [-0.05, 0) is 5.92 Å². The molecule has 2 amide bonds. The van der Waals surface area contributed by atoms with E-state index < -0.39 is 0 Å². The lowest BCUT2D eigenvalue weighted by molar-refractivity contribution is -0.124. The number of hydrogen-bond donors (Lipinski definition) is 3. The zero-order valence-corrected chi connectivity index (χ0v) is 11.8. The van der Waals surface area contributed by atoms with Crippen LogP contribution in [0, 0.1) is 5.92 Å². The lowest BCUT2D eigenvalue weighted by Gasteiger charge is -2.23. The van der Waals surface area contributed by atoms with Crippen LogP contribution in [-0.4, -0.2) is 50.7 Å². The fraction of sp³-hybridized carbons (Fsp3) is 0.846. The number of carbonyl (C=O) groups excluding carboxylic acids is 2. The highest BCUT2D eigenvalue weighted by molar-refractivity contribution is 5.79. The molecule has 0 aromatic heterocycles. The first-order valence-electron chi connectivity index (χ1n) is 6.93. The average molecular weight is 271 g/mol. The van der Waals surface area contributed by atoms with Gasteiger partial charge in [-0.25, -0.2) is 0 Å². The van der Waals surface area contributed by atoms with Gasteiger partial charge in [0.2, 0.25) is 11.8 Å². The van der Waals surface area contributed by atoms with Gasteiger partial charge in [0, 0.05) is 32.6 Å². The van der Waals surface area contributed by atoms with Gasteiger partial charge in [-0.2, -0.15) is 0 Å². The van der Waals surface area contributed by atoms with Crippen LogP contribution in [0.25, 0.3) is 0 Å². The van der Waals surface area contributed by atoms with E-state index in [1.54, 1.807) is 0 Å². The summed E-state index contributed by atoms with van der Waals surface area (Å²) in [6.45, 7) is 7.34. The maximum absolute atomic E-state index is 11.6. The lowest BCUT2D eigenvalue weighted by Crippen LogP contribution is -2.41. The molecule has 0 bridgehead atoms. The van der Waals surface area contributed by atoms with Gasteiger partial charge in [-0.1, -0.05) is 13.8 Å². The average Bonchev–Trinajstić information content (AvgIpc) is 2.37. The summed E-state index contributed by atoms with van der Waals surface area (Å²) >= 11 is 0. The molecule has 1 heterocycles. The van der Waals surface area contributed by atoms with E-state index in [1.165, 1.54) is 0 Å². The van der Waals surface area contributed by atoms with Gasteiger partial charge in [-0.3, -0.25) is 9.59 Å². The van der Waals surface area contributed by atoms with Crippen molar-refractivity contribution < 1.29 is 14.3 Å². The summed E-state index contributed by atoms with van der Waals surface area (Å²) in [7, 11) is 0. The predicted molar refractivity (Wildman–Crippen MR) is 72.7 cm³/mol. The van der Waals surface area contributed by atoms with E-state index in [2.05, 4.69) is 16.0 Å². The summed E-state index contributed by atoms with van der Waals surface area (Å²) in [4.78, 5) is 23.0. The van der Waals surface area contributed by atoms with Crippen LogP contribution in [0.1, 0.15) is 26.7 Å². The zero-order chi connectivity index (χ0) is 14.1. The Hall–Kier alpha value is -1.14. The smallest absolute Gasteiger partial charge is 0.222 e. The largest absolute Gasteiger partial charge is 0.375 e. The lowest BCUT2D eigenvalue weighted by atomic mass is 10.2. The van der Waals surface area contributed by atoms with Crippen LogP contribution in [-0.2, 0) is 14.3 Å². The molecule has 0 aliphatic carbocycles. The first kappa shape index (κ1) is 15.9. The molecule has 3 N–H and O–H groups in total. The summed E-state index contributed by atoms with van der Waals surface area (Å²) in [6, 6.07) is 0. The number of carbonyl (C=O) groups is 2. The summed E-state index contributed by atoms with van der Waals surface area (Å²) in [5.74, 6) is 0.351. The highest BCUT2D eigenvalue weighted by atomic mass is 16.5. The van der Waals surface area contributed by atoms with Crippen LogP contribution >= 0.6 is 0 Å². The molecule has 0 radical (unpaired) electrons. The summed E-state index contributed by atoms with van der Waals surface area (Å²) in [5, 5.41) is 8.73. The summed E-state index contributed by atoms with van der Waals surface area (Å²) in [6.07, 6.45) is 0.617. The molecule has 110 valence electrons. The molecule has 1 aliphatic heterocycles. The second-order valence-corrected chi connectivity index (χ2v) is 5.20. The van der Waals surface area contributed by atoms with Crippen molar-refractivity contribution in [3.63, 3.8) is 0 Å². The summed E-state index contributed by atoms with van der Waals surface area (Å²) in [5.41, 5.74) is 0. The molecule has 1 aliphatic rings. The van der Waals surface area contributed by atoms with Crippen molar-refractivity contribution in [3.05, 3.63) is 0 Å². The number of ether oxygens (including phenoxy) is 1. The first-order valence-corrected chi connectivity index (χ1v) is 6.93. The molecule has 0 saturated carbocycles. The molecule has 0 spiro atoms. The molecule has 1 atom stereocenters. The van der Waals surface area contributed by atoms with Crippen LogP contribution in [0.15, 0.2) is 0 Å². The summed E-state index contributed by atoms with van der Waals surface area (Å²) < 4.78 is 5.44. The molecule has 1 fully saturated rings. The number of nitrogens with one attached hydrogen (secondary N) is 3. The van der Waals surface area contributed by atoms with Gasteiger partial charge in [0.15, 0.2) is 0 Å². The van der Waals surface area contributed by atoms with E-state index in [4.69, 9.17) is 4.74 Å². The molecule has 1 saturated heterocycles. The SMILES string of the molecule is CC(C)CNC(=O)CCNC(=O)CC1CNCCO1. The Morgan fingerprint density at radius 3 is 2.74 bits per heavy atom. The second kappa shape index (κ2) is 8.87. The monoisotopic (exact) mass is 271 g/mol. The highest BCUT2D eigenvalue weighted by Crippen LogP contribution is 2.00. The minimum absolute atomic E-state index is 0.0235. The molecule has 0 aromatic carbocycles. The van der Waals surface area contributed by atoms with Crippen molar-refractivity contribution in [1.82, 2.24) is 16.0 Å². The normalized spacial score (nSPS) is 19.2. The van der Waals surface area contributed by atoms with E-state index in [-0.39, 0.29) is 17.9 Å². The van der Waals surface area contributed by atoms with Gasteiger partial charge in [0.25, 0.3) is 0 Å². The predicted octanol–water partition coefficient (Wildman–Crippen LogP) is -0.357. The molecule has 1 rings (SSSR count). The van der Waals surface area contributed by atoms with Crippen molar-refractivity contribution >= 4 is 11.8 Å². The van der Waals surface area contributed by atoms with Gasteiger partial charge < -0.3 is 20.7 Å².